The highest BCUT2D eigenvalue weighted by molar-refractivity contribution is 6.05. The third-order valence-corrected chi connectivity index (χ3v) is 4.48. The fourth-order valence-corrected chi connectivity index (χ4v) is 3.02. The molecule has 0 saturated carbocycles. The summed E-state index contributed by atoms with van der Waals surface area (Å²) in [5.74, 6) is 0.350. The number of fused-ring (bicyclic) bond motifs is 1. The van der Waals surface area contributed by atoms with E-state index in [-0.39, 0.29) is 12.0 Å². The summed E-state index contributed by atoms with van der Waals surface area (Å²) < 4.78 is 17.9. The monoisotopic (exact) mass is 413 g/mol. The molecule has 1 N–H and O–H groups in total. The predicted octanol–water partition coefficient (Wildman–Crippen LogP) is 3.20. The van der Waals surface area contributed by atoms with Crippen LogP contribution in [0.25, 0.3) is 11.1 Å². The van der Waals surface area contributed by atoms with Gasteiger partial charge in [-0.15, -0.1) is 0 Å². The zero-order valence-corrected chi connectivity index (χ0v) is 17.9. The van der Waals surface area contributed by atoms with Crippen molar-refractivity contribution in [3.8, 4) is 11.5 Å². The zero-order valence-electron chi connectivity index (χ0n) is 17.9. The van der Waals surface area contributed by atoms with Gasteiger partial charge < -0.3 is 24.1 Å². The van der Waals surface area contributed by atoms with Crippen LogP contribution >= 0.6 is 0 Å². The van der Waals surface area contributed by atoms with Gasteiger partial charge in [0.25, 0.3) is 5.91 Å². The normalized spacial score (nSPS) is 11.3. The van der Waals surface area contributed by atoms with Crippen LogP contribution in [-0.2, 0) is 6.54 Å². The van der Waals surface area contributed by atoms with E-state index in [1.165, 1.54) is 7.11 Å². The Morgan fingerprint density at radius 1 is 1.17 bits per heavy atom. The quantitative estimate of drug-likeness (QED) is 0.610. The van der Waals surface area contributed by atoms with E-state index < -0.39 is 5.76 Å². The molecule has 3 rings (SSSR count). The van der Waals surface area contributed by atoms with Gasteiger partial charge in [0.15, 0.2) is 17.1 Å². The van der Waals surface area contributed by atoms with Gasteiger partial charge in [-0.1, -0.05) is 0 Å². The fourth-order valence-electron chi connectivity index (χ4n) is 3.02. The number of ether oxygens (including phenoxy) is 2. The van der Waals surface area contributed by atoms with E-state index in [1.54, 1.807) is 41.0 Å². The van der Waals surface area contributed by atoms with Crippen LogP contribution in [0.3, 0.4) is 0 Å². The number of nitrogens with zero attached hydrogens (tertiary/aromatic N) is 2. The zero-order chi connectivity index (χ0) is 21.8. The summed E-state index contributed by atoms with van der Waals surface area (Å²) in [4.78, 5) is 26.9. The van der Waals surface area contributed by atoms with E-state index >= 15 is 0 Å². The molecule has 1 amide bonds. The molecule has 2 aromatic carbocycles. The molecular formula is C22H27N3O5. The smallest absolute Gasteiger partial charge is 0.419 e. The third kappa shape index (κ3) is 4.83. The Morgan fingerprint density at radius 3 is 2.60 bits per heavy atom. The van der Waals surface area contributed by atoms with Crippen LogP contribution in [0.15, 0.2) is 45.6 Å². The molecule has 0 radical (unpaired) electrons. The first-order chi connectivity index (χ1) is 14.3. The number of carbonyl (C=O) groups excluding carboxylic acids is 1. The topological polar surface area (TPSA) is 85.9 Å². The van der Waals surface area contributed by atoms with Crippen LogP contribution in [-0.4, -0.2) is 49.2 Å². The van der Waals surface area contributed by atoms with Gasteiger partial charge in [0.2, 0.25) is 0 Å². The van der Waals surface area contributed by atoms with Crippen molar-refractivity contribution >= 4 is 22.7 Å². The number of likely N-dealkylation sites (N-methyl/N-ethyl adjacent to an activating group) is 1. The van der Waals surface area contributed by atoms with Gasteiger partial charge in [0.1, 0.15) is 0 Å². The minimum atomic E-state index is -0.416. The molecule has 160 valence electrons. The molecule has 0 saturated heterocycles. The molecule has 0 unspecified atom stereocenters. The second kappa shape index (κ2) is 9.04. The Balaban J connectivity index is 1.84. The van der Waals surface area contributed by atoms with Crippen molar-refractivity contribution in [3.63, 3.8) is 0 Å². The molecule has 1 heterocycles. The molecule has 1 aromatic heterocycles. The molecule has 3 aromatic rings. The lowest BCUT2D eigenvalue weighted by Gasteiger charge is -2.14. The number of hydrogen-bond donors (Lipinski definition) is 1. The standard InChI is InChI=1S/C22H27N3O5/c1-14(2)29-19-8-6-15(12-20(19)28-5)21(26)23-16-7-9-18-17(13-16)25(22(27)30-18)11-10-24(3)4/h6-9,12-14H,10-11H2,1-5H3,(H,23,26). The highest BCUT2D eigenvalue weighted by Gasteiger charge is 2.14. The molecule has 8 heteroatoms. The summed E-state index contributed by atoms with van der Waals surface area (Å²) in [6.07, 6.45) is -0.00892. The van der Waals surface area contributed by atoms with Crippen molar-refractivity contribution < 1.29 is 18.7 Å². The first-order valence-electron chi connectivity index (χ1n) is 9.72. The third-order valence-electron chi connectivity index (χ3n) is 4.48. The number of methoxy groups -OCH3 is 1. The molecule has 30 heavy (non-hydrogen) atoms. The second-order valence-corrected chi connectivity index (χ2v) is 7.49. The first-order valence-corrected chi connectivity index (χ1v) is 9.72. The minimum absolute atomic E-state index is 0.00892. The van der Waals surface area contributed by atoms with Crippen LogP contribution in [0.2, 0.25) is 0 Å². The van der Waals surface area contributed by atoms with Gasteiger partial charge in [-0.25, -0.2) is 4.79 Å². The maximum absolute atomic E-state index is 12.8. The van der Waals surface area contributed by atoms with Crippen molar-refractivity contribution in [1.29, 1.82) is 0 Å². The number of benzene rings is 2. The average molecular weight is 413 g/mol. The number of carbonyl (C=O) groups is 1. The summed E-state index contributed by atoms with van der Waals surface area (Å²) in [6, 6.07) is 10.1. The molecule has 8 nitrogen and oxygen atoms in total. The lowest BCUT2D eigenvalue weighted by molar-refractivity contribution is 0.102. The Kier molecular flexibility index (Phi) is 6.47. The van der Waals surface area contributed by atoms with E-state index in [0.29, 0.717) is 46.9 Å². The fraction of sp³-hybridized carbons (Fsp3) is 0.364. The van der Waals surface area contributed by atoms with Crippen molar-refractivity contribution in [2.45, 2.75) is 26.5 Å². The molecule has 0 atom stereocenters. The maximum atomic E-state index is 12.8. The van der Waals surface area contributed by atoms with E-state index in [4.69, 9.17) is 13.9 Å². The number of nitrogens with one attached hydrogen (secondary N) is 1. The van der Waals surface area contributed by atoms with Crippen molar-refractivity contribution in [2.75, 3.05) is 33.1 Å². The summed E-state index contributed by atoms with van der Waals surface area (Å²) in [6.45, 7) is 5.02. The number of amides is 1. The summed E-state index contributed by atoms with van der Waals surface area (Å²) in [7, 11) is 5.40. The van der Waals surface area contributed by atoms with Crippen molar-refractivity contribution in [3.05, 3.63) is 52.5 Å². The molecule has 0 aliphatic carbocycles. The van der Waals surface area contributed by atoms with E-state index in [2.05, 4.69) is 5.32 Å². The lowest BCUT2D eigenvalue weighted by atomic mass is 10.1. The number of anilines is 1. The van der Waals surface area contributed by atoms with Crippen molar-refractivity contribution in [2.24, 2.45) is 0 Å². The Morgan fingerprint density at radius 2 is 1.93 bits per heavy atom. The molecular weight excluding hydrogens is 386 g/mol. The highest BCUT2D eigenvalue weighted by atomic mass is 16.5. The Bertz CT molecular complexity index is 1100. The lowest BCUT2D eigenvalue weighted by Crippen LogP contribution is -2.23. The Labute approximate surface area is 175 Å². The molecule has 0 aliphatic rings. The number of rotatable bonds is 8. The van der Waals surface area contributed by atoms with Gasteiger partial charge in [0, 0.05) is 24.3 Å². The minimum Gasteiger partial charge on any atom is -0.493 e. The van der Waals surface area contributed by atoms with E-state index in [9.17, 15) is 9.59 Å². The van der Waals surface area contributed by atoms with E-state index in [0.717, 1.165) is 0 Å². The summed E-state index contributed by atoms with van der Waals surface area (Å²) >= 11 is 0. The van der Waals surface area contributed by atoms with Gasteiger partial charge in [-0.05, 0) is 64.3 Å². The van der Waals surface area contributed by atoms with Crippen molar-refractivity contribution in [1.82, 2.24) is 9.47 Å². The summed E-state index contributed by atoms with van der Waals surface area (Å²) in [5.41, 5.74) is 2.11. The number of hydrogen-bond acceptors (Lipinski definition) is 6. The van der Waals surface area contributed by atoms with Crippen LogP contribution in [0.1, 0.15) is 24.2 Å². The van der Waals surface area contributed by atoms with Crippen LogP contribution in [0.4, 0.5) is 5.69 Å². The largest absolute Gasteiger partial charge is 0.493 e. The molecule has 0 aliphatic heterocycles. The van der Waals surface area contributed by atoms with Crippen LogP contribution < -0.4 is 20.5 Å². The van der Waals surface area contributed by atoms with Crippen LogP contribution in [0, 0.1) is 0 Å². The molecule has 0 bridgehead atoms. The van der Waals surface area contributed by atoms with Gasteiger partial charge in [-0.3, -0.25) is 9.36 Å². The van der Waals surface area contributed by atoms with Gasteiger partial charge in [0.05, 0.1) is 18.7 Å². The number of aromatic nitrogens is 1. The van der Waals surface area contributed by atoms with Gasteiger partial charge in [-0.2, -0.15) is 0 Å². The Hall–Kier alpha value is -3.26. The molecule has 0 spiro atoms. The first kappa shape index (κ1) is 21.4. The average Bonchev–Trinajstić information content (AvgIpc) is 3.00. The highest BCUT2D eigenvalue weighted by Crippen LogP contribution is 2.29. The number of oxazole rings is 1. The maximum Gasteiger partial charge on any atom is 0.419 e. The van der Waals surface area contributed by atoms with Crippen LogP contribution in [0.5, 0.6) is 11.5 Å². The second-order valence-electron chi connectivity index (χ2n) is 7.49. The van der Waals surface area contributed by atoms with E-state index in [1.807, 2.05) is 32.8 Å². The SMILES string of the molecule is COc1cc(C(=O)Nc2ccc3oc(=O)n(CCN(C)C)c3c2)ccc1OC(C)C. The molecule has 0 fully saturated rings. The predicted molar refractivity (Wildman–Crippen MR) is 116 cm³/mol. The summed E-state index contributed by atoms with van der Waals surface area (Å²) in [5, 5.41) is 2.86. The van der Waals surface area contributed by atoms with Gasteiger partial charge >= 0.3 is 5.76 Å².